The number of rotatable bonds is 5. The number of aliphatic hydroxyl groups excluding tert-OH is 1. The van der Waals surface area contributed by atoms with Crippen molar-refractivity contribution in [1.82, 2.24) is 0 Å². The maximum absolute atomic E-state index is 10.2. The number of hydrogen-bond acceptors (Lipinski definition) is 2. The third-order valence-corrected chi connectivity index (χ3v) is 4.64. The zero-order valence-corrected chi connectivity index (χ0v) is 12.1. The van der Waals surface area contributed by atoms with Crippen molar-refractivity contribution in [2.75, 3.05) is 0 Å². The summed E-state index contributed by atoms with van der Waals surface area (Å²) >= 11 is 1.76. The fourth-order valence-electron chi connectivity index (χ4n) is 2.52. The minimum absolute atomic E-state index is 0.270. The molecule has 102 valence electrons. The van der Waals surface area contributed by atoms with Crippen molar-refractivity contribution in [2.24, 2.45) is 0 Å². The molecule has 1 atom stereocenters. The summed E-state index contributed by atoms with van der Waals surface area (Å²) in [4.78, 5) is 0. The molecule has 0 aliphatic rings. The maximum Gasteiger partial charge on any atom is 0.0584 e. The van der Waals surface area contributed by atoms with Gasteiger partial charge in [-0.3, -0.25) is 0 Å². The molecule has 1 N–H and O–H groups in total. The predicted molar refractivity (Wildman–Crippen MR) is 86.3 cm³/mol. The molecule has 1 unspecified atom stereocenters. The van der Waals surface area contributed by atoms with Gasteiger partial charge in [-0.15, -0.1) is 11.3 Å². The van der Waals surface area contributed by atoms with Gasteiger partial charge in [-0.05, 0) is 47.2 Å². The van der Waals surface area contributed by atoms with Gasteiger partial charge in [0.1, 0.15) is 0 Å². The van der Waals surface area contributed by atoms with Crippen molar-refractivity contribution in [3.63, 3.8) is 0 Å². The summed E-state index contributed by atoms with van der Waals surface area (Å²) < 4.78 is 1.30. The van der Waals surface area contributed by atoms with Crippen LogP contribution in [0.25, 0.3) is 10.1 Å². The third-order valence-electron chi connectivity index (χ3n) is 3.63. The van der Waals surface area contributed by atoms with Crippen LogP contribution in [0.15, 0.2) is 60.0 Å². The lowest BCUT2D eigenvalue weighted by atomic mass is 10.0. The summed E-state index contributed by atoms with van der Waals surface area (Å²) in [7, 11) is 0. The Hall–Kier alpha value is -1.64. The molecule has 0 aliphatic heterocycles. The van der Waals surface area contributed by atoms with Crippen molar-refractivity contribution in [1.29, 1.82) is 0 Å². The van der Waals surface area contributed by atoms with Gasteiger partial charge in [0.05, 0.1) is 6.10 Å². The summed E-state index contributed by atoms with van der Waals surface area (Å²) in [5, 5.41) is 13.7. The van der Waals surface area contributed by atoms with E-state index in [-0.39, 0.29) is 6.10 Å². The van der Waals surface area contributed by atoms with Gasteiger partial charge in [-0.2, -0.15) is 0 Å². The first-order valence-corrected chi connectivity index (χ1v) is 7.88. The number of fused-ring (bicyclic) bond motifs is 1. The molecule has 0 spiro atoms. The smallest absolute Gasteiger partial charge is 0.0584 e. The standard InChI is InChI=1S/C18H18OS/c19-16(11-10-14-6-2-1-3-7-14)12-15-13-20-18-9-5-4-8-17(15)18/h1-9,13,16,19H,10-12H2. The predicted octanol–water partition coefficient (Wildman–Crippen LogP) is 4.44. The van der Waals surface area contributed by atoms with E-state index in [1.807, 2.05) is 18.2 Å². The second-order valence-electron chi connectivity index (χ2n) is 5.14. The van der Waals surface area contributed by atoms with Crippen LogP contribution < -0.4 is 0 Å². The van der Waals surface area contributed by atoms with Gasteiger partial charge in [-0.1, -0.05) is 48.5 Å². The fourth-order valence-corrected chi connectivity index (χ4v) is 3.50. The van der Waals surface area contributed by atoms with Crippen LogP contribution in [0.2, 0.25) is 0 Å². The summed E-state index contributed by atoms with van der Waals surface area (Å²) in [5.41, 5.74) is 2.56. The first kappa shape index (κ1) is 13.3. The second kappa shape index (κ2) is 6.21. The largest absolute Gasteiger partial charge is 0.393 e. The second-order valence-corrected chi connectivity index (χ2v) is 6.05. The lowest BCUT2D eigenvalue weighted by molar-refractivity contribution is 0.165. The normalized spacial score (nSPS) is 12.7. The topological polar surface area (TPSA) is 20.2 Å². The van der Waals surface area contributed by atoms with E-state index in [0.717, 1.165) is 19.3 Å². The summed E-state index contributed by atoms with van der Waals surface area (Å²) in [6.07, 6.45) is 2.22. The number of benzene rings is 2. The van der Waals surface area contributed by atoms with E-state index in [1.165, 1.54) is 21.2 Å². The Labute approximate surface area is 123 Å². The number of aryl methyl sites for hydroxylation is 1. The summed E-state index contributed by atoms with van der Waals surface area (Å²) in [6.45, 7) is 0. The van der Waals surface area contributed by atoms with Crippen LogP contribution in [0.5, 0.6) is 0 Å². The number of aliphatic hydroxyl groups is 1. The molecule has 0 saturated heterocycles. The van der Waals surface area contributed by atoms with Crippen LogP contribution in [0.3, 0.4) is 0 Å². The van der Waals surface area contributed by atoms with Crippen LogP contribution in [-0.4, -0.2) is 11.2 Å². The molecule has 0 bridgehead atoms. The van der Waals surface area contributed by atoms with Gasteiger partial charge in [0.2, 0.25) is 0 Å². The summed E-state index contributed by atoms with van der Waals surface area (Å²) in [5.74, 6) is 0. The Bertz CT molecular complexity index is 672. The van der Waals surface area contributed by atoms with Crippen molar-refractivity contribution in [3.8, 4) is 0 Å². The van der Waals surface area contributed by atoms with E-state index in [4.69, 9.17) is 0 Å². The molecule has 0 fully saturated rings. The highest BCUT2D eigenvalue weighted by Crippen LogP contribution is 2.27. The van der Waals surface area contributed by atoms with E-state index in [2.05, 4.69) is 41.8 Å². The molecule has 0 saturated carbocycles. The molecule has 2 heteroatoms. The number of hydrogen-bond donors (Lipinski definition) is 1. The van der Waals surface area contributed by atoms with Crippen LogP contribution in [0, 0.1) is 0 Å². The Morgan fingerprint density at radius 2 is 1.70 bits per heavy atom. The highest BCUT2D eigenvalue weighted by molar-refractivity contribution is 7.17. The molecule has 0 aliphatic carbocycles. The Morgan fingerprint density at radius 3 is 2.55 bits per heavy atom. The maximum atomic E-state index is 10.2. The Morgan fingerprint density at radius 1 is 0.950 bits per heavy atom. The van der Waals surface area contributed by atoms with Crippen molar-refractivity contribution in [3.05, 3.63) is 71.1 Å². The molecule has 1 heterocycles. The van der Waals surface area contributed by atoms with Gasteiger partial charge in [0.25, 0.3) is 0 Å². The van der Waals surface area contributed by atoms with Crippen LogP contribution in [-0.2, 0) is 12.8 Å². The lowest BCUT2D eigenvalue weighted by Gasteiger charge is -2.10. The molecule has 0 radical (unpaired) electrons. The van der Waals surface area contributed by atoms with Crippen LogP contribution >= 0.6 is 11.3 Å². The Kier molecular flexibility index (Phi) is 4.14. The molecule has 1 nitrogen and oxygen atoms in total. The van der Waals surface area contributed by atoms with Crippen LogP contribution in [0.4, 0.5) is 0 Å². The average Bonchev–Trinajstić information content (AvgIpc) is 2.90. The van der Waals surface area contributed by atoms with E-state index in [0.29, 0.717) is 0 Å². The third kappa shape index (κ3) is 3.09. The highest BCUT2D eigenvalue weighted by Gasteiger charge is 2.10. The van der Waals surface area contributed by atoms with Crippen LogP contribution in [0.1, 0.15) is 17.5 Å². The van der Waals surface area contributed by atoms with Gasteiger partial charge in [0, 0.05) is 4.70 Å². The minimum atomic E-state index is -0.270. The summed E-state index contributed by atoms with van der Waals surface area (Å²) in [6, 6.07) is 18.8. The zero-order valence-electron chi connectivity index (χ0n) is 11.3. The number of thiophene rings is 1. The van der Waals surface area contributed by atoms with E-state index in [1.54, 1.807) is 11.3 Å². The van der Waals surface area contributed by atoms with E-state index < -0.39 is 0 Å². The zero-order chi connectivity index (χ0) is 13.8. The van der Waals surface area contributed by atoms with Crippen molar-refractivity contribution in [2.45, 2.75) is 25.4 Å². The molecule has 20 heavy (non-hydrogen) atoms. The van der Waals surface area contributed by atoms with Crippen molar-refractivity contribution >= 4 is 21.4 Å². The molecule has 3 aromatic rings. The lowest BCUT2D eigenvalue weighted by Crippen LogP contribution is -2.11. The average molecular weight is 282 g/mol. The van der Waals surface area contributed by atoms with Gasteiger partial charge < -0.3 is 5.11 Å². The minimum Gasteiger partial charge on any atom is -0.393 e. The molecule has 3 rings (SSSR count). The first-order chi connectivity index (χ1) is 9.83. The monoisotopic (exact) mass is 282 g/mol. The Balaban J connectivity index is 1.63. The quantitative estimate of drug-likeness (QED) is 0.733. The molecule has 0 amide bonds. The van der Waals surface area contributed by atoms with Gasteiger partial charge in [-0.25, -0.2) is 0 Å². The van der Waals surface area contributed by atoms with Crippen molar-refractivity contribution < 1.29 is 5.11 Å². The first-order valence-electron chi connectivity index (χ1n) is 7.00. The molecule has 1 aromatic heterocycles. The van der Waals surface area contributed by atoms with E-state index in [9.17, 15) is 5.11 Å². The molecular weight excluding hydrogens is 264 g/mol. The van der Waals surface area contributed by atoms with Gasteiger partial charge in [0.15, 0.2) is 0 Å². The molecular formula is C18H18OS. The molecule has 2 aromatic carbocycles. The SMILES string of the molecule is OC(CCc1ccccc1)Cc1csc2ccccc12. The fraction of sp³-hybridized carbons (Fsp3) is 0.222. The van der Waals surface area contributed by atoms with Gasteiger partial charge >= 0.3 is 0 Å². The highest BCUT2D eigenvalue weighted by atomic mass is 32.1. The van der Waals surface area contributed by atoms with E-state index >= 15 is 0 Å².